The van der Waals surface area contributed by atoms with Gasteiger partial charge < -0.3 is 8.83 Å². The van der Waals surface area contributed by atoms with Gasteiger partial charge in [0.2, 0.25) is 0 Å². The van der Waals surface area contributed by atoms with Crippen LogP contribution in [-0.2, 0) is 5.41 Å². The monoisotopic (exact) mass is 879 g/mol. The smallest absolute Gasteiger partial charge is 0.164 e. The van der Waals surface area contributed by atoms with Crippen molar-refractivity contribution < 1.29 is 8.83 Å². The van der Waals surface area contributed by atoms with E-state index in [1.807, 2.05) is 54.6 Å². The minimum Gasteiger partial charge on any atom is -0.456 e. The molecule has 1 spiro atoms. The van der Waals surface area contributed by atoms with E-state index in [0.717, 1.165) is 82.8 Å². The Morgan fingerprint density at radius 1 is 0.261 bits per heavy atom. The summed E-state index contributed by atoms with van der Waals surface area (Å²) in [6.07, 6.45) is 0. The van der Waals surface area contributed by atoms with Crippen molar-refractivity contribution in [3.05, 3.63) is 247 Å². The fraction of sp³-hybridized carbons (Fsp3) is 0.0156. The normalized spacial score (nSPS) is 13.0. The van der Waals surface area contributed by atoms with Crippen LogP contribution in [0, 0.1) is 0 Å². The Morgan fingerprint density at radius 3 is 1.35 bits per heavy atom. The van der Waals surface area contributed by atoms with Crippen LogP contribution in [0.4, 0.5) is 0 Å². The summed E-state index contributed by atoms with van der Waals surface area (Å²) in [5, 5.41) is 3.92. The van der Waals surface area contributed by atoms with Crippen molar-refractivity contribution >= 4 is 43.9 Å². The molecule has 320 valence electrons. The van der Waals surface area contributed by atoms with Crippen LogP contribution in [0.5, 0.6) is 0 Å². The van der Waals surface area contributed by atoms with Gasteiger partial charge >= 0.3 is 0 Å². The van der Waals surface area contributed by atoms with Crippen LogP contribution in [-0.4, -0.2) is 15.0 Å². The molecule has 5 heteroatoms. The molecular weight excluding hydrogens is 843 g/mol. The largest absolute Gasteiger partial charge is 0.456 e. The van der Waals surface area contributed by atoms with E-state index in [4.69, 9.17) is 23.8 Å². The van der Waals surface area contributed by atoms with E-state index < -0.39 is 5.41 Å². The third kappa shape index (κ3) is 5.38. The van der Waals surface area contributed by atoms with E-state index in [-0.39, 0.29) is 0 Å². The molecule has 0 radical (unpaired) electrons. The number of hydrogen-bond donors (Lipinski definition) is 0. The van der Waals surface area contributed by atoms with Gasteiger partial charge in [-0.2, -0.15) is 0 Å². The minimum atomic E-state index is -0.392. The SMILES string of the molecule is c1ccc(-c2ccccc2-c2nc(-c3cccc4oc5ccccc5c34)nc(-c3cccc4oc5ccc(-c6ccc7c(c6)-c6ccccc6C76c7ccccc7-c7ccccc76)cc5c34)n2)cc1. The number of para-hydroxylation sites is 1. The summed E-state index contributed by atoms with van der Waals surface area (Å²) < 4.78 is 13.0. The van der Waals surface area contributed by atoms with Gasteiger partial charge in [0.1, 0.15) is 22.3 Å². The van der Waals surface area contributed by atoms with Crippen LogP contribution in [0.25, 0.3) is 123 Å². The van der Waals surface area contributed by atoms with Gasteiger partial charge in [-0.1, -0.05) is 188 Å². The Bertz CT molecular complexity index is 4230. The quantitative estimate of drug-likeness (QED) is 0.172. The molecule has 2 aliphatic carbocycles. The zero-order chi connectivity index (χ0) is 45.2. The highest BCUT2D eigenvalue weighted by atomic mass is 16.3. The van der Waals surface area contributed by atoms with Crippen molar-refractivity contribution in [3.8, 4) is 78.7 Å². The minimum absolute atomic E-state index is 0.392. The molecule has 5 nitrogen and oxygen atoms in total. The zero-order valence-electron chi connectivity index (χ0n) is 37.0. The first-order valence-electron chi connectivity index (χ1n) is 23.4. The second-order valence-electron chi connectivity index (χ2n) is 18.1. The number of hydrogen-bond acceptors (Lipinski definition) is 5. The predicted molar refractivity (Wildman–Crippen MR) is 278 cm³/mol. The average molecular weight is 880 g/mol. The number of furan rings is 2. The van der Waals surface area contributed by atoms with Crippen molar-refractivity contribution in [1.29, 1.82) is 0 Å². The summed E-state index contributed by atoms with van der Waals surface area (Å²) >= 11 is 0. The molecule has 13 aromatic rings. The molecular formula is C64H37N3O2. The lowest BCUT2D eigenvalue weighted by Crippen LogP contribution is -2.25. The van der Waals surface area contributed by atoms with Crippen LogP contribution < -0.4 is 0 Å². The molecule has 0 fully saturated rings. The first kappa shape index (κ1) is 38.0. The van der Waals surface area contributed by atoms with Crippen molar-refractivity contribution in [1.82, 2.24) is 15.0 Å². The predicted octanol–water partition coefficient (Wildman–Crippen LogP) is 16.3. The van der Waals surface area contributed by atoms with Crippen molar-refractivity contribution in [3.63, 3.8) is 0 Å². The maximum absolute atomic E-state index is 6.67. The molecule has 3 heterocycles. The second-order valence-corrected chi connectivity index (χ2v) is 18.1. The Labute approximate surface area is 396 Å². The third-order valence-electron chi connectivity index (χ3n) is 14.6. The maximum Gasteiger partial charge on any atom is 0.164 e. The first-order valence-corrected chi connectivity index (χ1v) is 23.4. The van der Waals surface area contributed by atoms with E-state index in [1.165, 1.54) is 44.5 Å². The summed E-state index contributed by atoms with van der Waals surface area (Å²) in [6.45, 7) is 0. The summed E-state index contributed by atoms with van der Waals surface area (Å²) in [5.41, 5.74) is 20.2. The molecule has 0 aliphatic heterocycles. The first-order chi connectivity index (χ1) is 34.2. The molecule has 0 bridgehead atoms. The fourth-order valence-corrected chi connectivity index (χ4v) is 11.7. The number of fused-ring (bicyclic) bond motifs is 16. The highest BCUT2D eigenvalue weighted by molar-refractivity contribution is 6.14. The molecule has 10 aromatic carbocycles. The van der Waals surface area contributed by atoms with Crippen LogP contribution in [0.3, 0.4) is 0 Å². The maximum atomic E-state index is 6.67. The molecule has 0 saturated heterocycles. The molecule has 3 aromatic heterocycles. The van der Waals surface area contributed by atoms with Crippen molar-refractivity contribution in [2.24, 2.45) is 0 Å². The van der Waals surface area contributed by atoms with Gasteiger partial charge in [0, 0.05) is 38.2 Å². The molecule has 2 aliphatic rings. The van der Waals surface area contributed by atoms with Crippen LogP contribution in [0.15, 0.2) is 233 Å². The Hall–Kier alpha value is -9.19. The average Bonchev–Trinajstić information content (AvgIpc) is 4.16. The third-order valence-corrected chi connectivity index (χ3v) is 14.6. The number of benzene rings is 10. The van der Waals surface area contributed by atoms with Crippen LogP contribution in [0.1, 0.15) is 22.3 Å². The van der Waals surface area contributed by atoms with Crippen LogP contribution >= 0.6 is 0 Å². The lowest BCUT2D eigenvalue weighted by atomic mass is 9.70. The molecule has 0 N–H and O–H groups in total. The van der Waals surface area contributed by atoms with E-state index in [2.05, 4.69) is 170 Å². The lowest BCUT2D eigenvalue weighted by Gasteiger charge is -2.30. The summed E-state index contributed by atoms with van der Waals surface area (Å²) in [4.78, 5) is 16.1. The summed E-state index contributed by atoms with van der Waals surface area (Å²) in [7, 11) is 0. The van der Waals surface area contributed by atoms with Gasteiger partial charge in [-0.25, -0.2) is 15.0 Å². The highest BCUT2D eigenvalue weighted by Crippen LogP contribution is 2.63. The number of rotatable bonds is 5. The molecule has 0 amide bonds. The number of aromatic nitrogens is 3. The highest BCUT2D eigenvalue weighted by Gasteiger charge is 2.51. The van der Waals surface area contributed by atoms with Crippen molar-refractivity contribution in [2.45, 2.75) is 5.41 Å². The lowest BCUT2D eigenvalue weighted by molar-refractivity contribution is 0.668. The fourth-order valence-electron chi connectivity index (χ4n) is 11.7. The topological polar surface area (TPSA) is 65.0 Å². The van der Waals surface area contributed by atoms with Gasteiger partial charge in [-0.05, 0) is 103 Å². The number of nitrogens with zero attached hydrogens (tertiary/aromatic N) is 3. The molecule has 15 rings (SSSR count). The Kier molecular flexibility index (Phi) is 7.93. The zero-order valence-corrected chi connectivity index (χ0v) is 37.0. The van der Waals surface area contributed by atoms with Gasteiger partial charge in [0.05, 0.1) is 5.41 Å². The summed E-state index contributed by atoms with van der Waals surface area (Å²) in [6, 6.07) is 79.6. The molecule has 69 heavy (non-hydrogen) atoms. The van der Waals surface area contributed by atoms with E-state index in [1.54, 1.807) is 0 Å². The second kappa shape index (κ2) is 14.4. The Balaban J connectivity index is 0.932. The van der Waals surface area contributed by atoms with Gasteiger partial charge in [0.25, 0.3) is 0 Å². The van der Waals surface area contributed by atoms with Gasteiger partial charge in [-0.3, -0.25) is 0 Å². The van der Waals surface area contributed by atoms with E-state index in [9.17, 15) is 0 Å². The van der Waals surface area contributed by atoms with Gasteiger partial charge in [0.15, 0.2) is 17.5 Å². The summed E-state index contributed by atoms with van der Waals surface area (Å²) in [5.74, 6) is 1.69. The van der Waals surface area contributed by atoms with Gasteiger partial charge in [-0.15, -0.1) is 0 Å². The van der Waals surface area contributed by atoms with Crippen molar-refractivity contribution in [2.75, 3.05) is 0 Å². The standard InChI is InChI=1S/C64H37N3O2/c1-2-16-38(17-3-1)41-18-4-5-22-45(41)61-65-62(47-24-14-30-57-59(47)46-23-9-13-29-55(46)68-57)67-63(66-61)48-25-15-31-58-60(48)50-37-40(33-35-56(50)69-58)39-32-34-54-49(36-39)44-21-8-12-28-53(44)64(54)51-26-10-6-19-42(51)43-20-7-11-27-52(43)64/h1-37H. The van der Waals surface area contributed by atoms with E-state index >= 15 is 0 Å². The molecule has 0 saturated carbocycles. The van der Waals surface area contributed by atoms with Crippen LogP contribution in [0.2, 0.25) is 0 Å². The Morgan fingerprint density at radius 2 is 0.696 bits per heavy atom. The van der Waals surface area contributed by atoms with E-state index in [0.29, 0.717) is 17.5 Å². The molecule has 0 unspecified atom stereocenters. The molecule has 0 atom stereocenters.